The summed E-state index contributed by atoms with van der Waals surface area (Å²) in [5.74, 6) is 2.22. The highest BCUT2D eigenvalue weighted by Crippen LogP contribution is 2.58. The highest BCUT2D eigenvalue weighted by atomic mass is 32.2. The van der Waals surface area contributed by atoms with Gasteiger partial charge in [0, 0.05) is 106 Å². The van der Waals surface area contributed by atoms with Crippen molar-refractivity contribution in [3.8, 4) is 11.6 Å². The molecular formula is C64H81N11O10S2. The van der Waals surface area contributed by atoms with Gasteiger partial charge in [-0.1, -0.05) is 20.8 Å². The Morgan fingerprint density at radius 3 is 2.51 bits per heavy atom. The number of morpholine rings is 1. The number of ether oxygens (including phenoxy) is 4. The summed E-state index contributed by atoms with van der Waals surface area (Å²) in [5, 5.41) is 29.2. The number of fused-ring (bicyclic) bond motifs is 3. The van der Waals surface area contributed by atoms with Crippen molar-refractivity contribution in [2.24, 2.45) is 17.3 Å². The molecule has 1 amide bonds. The lowest BCUT2D eigenvalue weighted by molar-refractivity contribution is -0.384. The number of aromatic nitrogens is 3. The molecule has 1 spiro atoms. The lowest BCUT2D eigenvalue weighted by Gasteiger charge is -2.62. The second-order valence-corrected chi connectivity index (χ2v) is 28.5. The van der Waals surface area contributed by atoms with Gasteiger partial charge < -0.3 is 49.1 Å². The number of nitrogens with zero attached hydrogens (tertiary/aromatic N) is 8. The number of amides is 1. The molecule has 13 rings (SSSR count). The number of sulfonamides is 1. The number of hydrogen-bond donors (Lipinski definition) is 4. The first-order valence-corrected chi connectivity index (χ1v) is 33.4. The molecule has 4 N–H and O–H groups in total. The molecule has 6 fully saturated rings. The fourth-order valence-electron chi connectivity index (χ4n) is 15.0. The van der Waals surface area contributed by atoms with Crippen LogP contribution in [0.1, 0.15) is 117 Å². The summed E-state index contributed by atoms with van der Waals surface area (Å²) >= 11 is 1.90. The van der Waals surface area contributed by atoms with Crippen LogP contribution in [0, 0.1) is 27.4 Å². The van der Waals surface area contributed by atoms with Crippen molar-refractivity contribution >= 4 is 72.6 Å². The van der Waals surface area contributed by atoms with Crippen LogP contribution in [-0.4, -0.2) is 159 Å². The van der Waals surface area contributed by atoms with Gasteiger partial charge in [-0.2, -0.15) is 4.98 Å². The van der Waals surface area contributed by atoms with E-state index in [0.717, 1.165) is 119 Å². The molecule has 4 aromatic heterocycles. The molecule has 2 saturated carbocycles. The van der Waals surface area contributed by atoms with Gasteiger partial charge in [-0.05, 0) is 153 Å². The van der Waals surface area contributed by atoms with Crippen molar-refractivity contribution in [3.05, 3.63) is 110 Å². The third-order valence-corrected chi connectivity index (χ3v) is 22.6. The van der Waals surface area contributed by atoms with Gasteiger partial charge in [0.05, 0.1) is 65.7 Å². The summed E-state index contributed by atoms with van der Waals surface area (Å²) in [6.45, 7) is 18.3. The molecule has 0 bridgehead atoms. The zero-order valence-corrected chi connectivity index (χ0v) is 52.0. The average molecular weight is 1230 g/mol. The van der Waals surface area contributed by atoms with Gasteiger partial charge in [-0.3, -0.25) is 24.7 Å². The van der Waals surface area contributed by atoms with Gasteiger partial charge in [0.25, 0.3) is 21.6 Å². The van der Waals surface area contributed by atoms with E-state index in [-0.39, 0.29) is 34.7 Å². The summed E-state index contributed by atoms with van der Waals surface area (Å²) in [5.41, 5.74) is 4.55. The van der Waals surface area contributed by atoms with Crippen LogP contribution in [-0.2, 0) is 26.0 Å². The third-order valence-electron chi connectivity index (χ3n) is 20.2. The van der Waals surface area contributed by atoms with Crippen LogP contribution in [0.3, 0.4) is 0 Å². The van der Waals surface area contributed by atoms with E-state index in [1.54, 1.807) is 13.2 Å². The first kappa shape index (κ1) is 59.4. The molecule has 2 aliphatic carbocycles. The number of aliphatic hydroxyl groups is 1. The van der Waals surface area contributed by atoms with Crippen molar-refractivity contribution in [2.45, 2.75) is 126 Å². The number of methoxy groups -OCH3 is 1. The summed E-state index contributed by atoms with van der Waals surface area (Å²) in [6.07, 6.45) is 9.84. The Bertz CT molecular complexity index is 3630. The minimum atomic E-state index is -4.65. The predicted molar refractivity (Wildman–Crippen MR) is 336 cm³/mol. The summed E-state index contributed by atoms with van der Waals surface area (Å²) in [7, 11) is -2.92. The van der Waals surface area contributed by atoms with Crippen molar-refractivity contribution < 1.29 is 42.2 Å². The van der Waals surface area contributed by atoms with E-state index in [2.05, 4.69) is 77.8 Å². The summed E-state index contributed by atoms with van der Waals surface area (Å²) in [4.78, 5) is 53.0. The SMILES string of the molecule is COc1cc(CN2CCN(C3CC4(CCN(c5ccc(C(=O)NS(=O)(=O)c6ccc(NC[C@H]7CC[C@](C)(O)CC7)c([N+](=O)[O-])c6)c(N6c7cc8cc[nH]c8nc7O[C@H]7COCC[C@@H]76)c5)CC4)C3C)[C@H](c3sccc3C(C)C)C2)cnc1N1CCOCC1. The number of benzene rings is 2. The van der Waals surface area contributed by atoms with E-state index in [1.165, 1.54) is 22.6 Å². The van der Waals surface area contributed by atoms with E-state index in [0.29, 0.717) is 93.0 Å². The maximum Gasteiger partial charge on any atom is 0.293 e. The molecule has 9 heterocycles. The van der Waals surface area contributed by atoms with Crippen LogP contribution in [0.4, 0.5) is 34.3 Å². The number of nitro benzene ring substituents is 1. The molecule has 21 nitrogen and oxygen atoms in total. The van der Waals surface area contributed by atoms with Gasteiger partial charge in [-0.25, -0.2) is 18.1 Å². The van der Waals surface area contributed by atoms with Crippen molar-refractivity contribution in [3.63, 3.8) is 0 Å². The number of piperazine rings is 1. The zero-order valence-electron chi connectivity index (χ0n) is 50.4. The molecule has 464 valence electrons. The van der Waals surface area contributed by atoms with Crippen molar-refractivity contribution in [1.82, 2.24) is 29.5 Å². The molecule has 4 saturated heterocycles. The first-order chi connectivity index (χ1) is 41.9. The quantitative estimate of drug-likeness (QED) is 0.0522. The molecule has 23 heteroatoms. The van der Waals surface area contributed by atoms with Gasteiger partial charge in [0.1, 0.15) is 23.1 Å². The number of rotatable bonds is 16. The smallest absolute Gasteiger partial charge is 0.293 e. The van der Waals surface area contributed by atoms with Crippen LogP contribution < -0.4 is 34.2 Å². The monoisotopic (exact) mass is 1230 g/mol. The lowest BCUT2D eigenvalue weighted by Crippen LogP contribution is -2.64. The fourth-order valence-corrected chi connectivity index (χ4v) is 17.2. The minimum absolute atomic E-state index is 0.108. The number of piperidine rings is 1. The second kappa shape index (κ2) is 24.1. The zero-order chi connectivity index (χ0) is 60.4. The molecule has 0 radical (unpaired) electrons. The Kier molecular flexibility index (Phi) is 16.4. The largest absolute Gasteiger partial charge is 0.493 e. The topological polar surface area (TPSA) is 233 Å². The highest BCUT2D eigenvalue weighted by Gasteiger charge is 2.56. The number of nitro groups is 1. The number of carbonyl (C=O) groups is 1. The van der Waals surface area contributed by atoms with Crippen molar-refractivity contribution in [1.29, 1.82) is 0 Å². The normalized spacial score (nSPS) is 26.0. The number of pyridine rings is 2. The number of thiophene rings is 1. The molecule has 6 aromatic rings. The molecule has 87 heavy (non-hydrogen) atoms. The van der Waals surface area contributed by atoms with Gasteiger partial charge in [0.15, 0.2) is 11.6 Å². The van der Waals surface area contributed by atoms with Crippen LogP contribution in [0.5, 0.6) is 11.6 Å². The van der Waals surface area contributed by atoms with Gasteiger partial charge in [-0.15, -0.1) is 11.3 Å². The number of aromatic amines is 1. The number of nitrogens with one attached hydrogen (secondary N) is 3. The number of hydrogen-bond acceptors (Lipinski definition) is 19. The van der Waals surface area contributed by atoms with Crippen LogP contribution in [0.25, 0.3) is 11.0 Å². The minimum Gasteiger partial charge on any atom is -0.493 e. The Labute approximate surface area is 512 Å². The lowest BCUT2D eigenvalue weighted by atomic mass is 9.53. The van der Waals surface area contributed by atoms with E-state index in [9.17, 15) is 28.4 Å². The van der Waals surface area contributed by atoms with Crippen LogP contribution >= 0.6 is 11.3 Å². The number of carbonyl (C=O) groups excluding carboxylic acids is 1. The predicted octanol–water partition coefficient (Wildman–Crippen LogP) is 9.61. The maximum atomic E-state index is 14.9. The molecule has 5 aliphatic heterocycles. The molecule has 5 atom stereocenters. The Hall–Kier alpha value is -6.60. The molecule has 7 aliphatic rings. The van der Waals surface area contributed by atoms with Crippen molar-refractivity contribution in [2.75, 3.05) is 106 Å². The standard InChI is InChI=1S/C64H81N11O10S2/c1-40(2)47-14-29-86-58(47)55-38-70(37-43-30-56(82-5)60(67-36-43)72-24-27-83-28-25-72)22-23-73(55)54-34-64(41(54)3)17-20-71(21-18-64)45-6-8-48(51(32-45)74-50-13-26-84-39-57(50)85-62-53(74)31-44-12-19-65-59(44)68-62)61(76)69-87(80,81)46-7-9-49(52(33-46)75(78)79)66-35-42-10-15-63(4,77)16-11-42/h6-9,12,14,19,29-33,36,40-42,50,54-55,57,66,77H,10-11,13,15-18,20-28,34-35,37-39H2,1-5H3,(H,65,68)(H,69,76)/t41?,42-,50-,54?,55-,57-,63-/m0/s1. The Morgan fingerprint density at radius 1 is 0.943 bits per heavy atom. The van der Waals surface area contributed by atoms with Gasteiger partial charge >= 0.3 is 0 Å². The molecule has 2 aromatic carbocycles. The van der Waals surface area contributed by atoms with E-state index < -0.39 is 43.1 Å². The third kappa shape index (κ3) is 11.7. The number of anilines is 5. The first-order valence-electron chi connectivity index (χ1n) is 31.1. The fraction of sp³-hybridized carbons (Fsp3) is 0.547. The maximum absolute atomic E-state index is 14.9. The molecule has 2 unspecified atom stereocenters. The second-order valence-electron chi connectivity index (χ2n) is 25.8. The van der Waals surface area contributed by atoms with E-state index in [1.807, 2.05) is 54.9 Å². The summed E-state index contributed by atoms with van der Waals surface area (Å²) < 4.78 is 55.1. The highest BCUT2D eigenvalue weighted by molar-refractivity contribution is 7.90. The van der Waals surface area contributed by atoms with Gasteiger partial charge in [0.2, 0.25) is 5.88 Å². The molecular weight excluding hydrogens is 1150 g/mol. The summed E-state index contributed by atoms with van der Waals surface area (Å²) in [6, 6.07) is 18.1. The average Bonchev–Trinajstić information content (AvgIpc) is 1.19. The van der Waals surface area contributed by atoms with E-state index in [4.69, 9.17) is 28.9 Å². The van der Waals surface area contributed by atoms with Crippen LogP contribution in [0.2, 0.25) is 0 Å². The Balaban J connectivity index is 0.748. The van der Waals surface area contributed by atoms with E-state index >= 15 is 0 Å². The number of H-pyrrole nitrogens is 1. The van der Waals surface area contributed by atoms with Crippen LogP contribution in [0.15, 0.2) is 83.3 Å². The Morgan fingerprint density at radius 2 is 1.75 bits per heavy atom.